The third-order valence-electron chi connectivity index (χ3n) is 6.25. The van der Waals surface area contributed by atoms with Crippen LogP contribution in [0, 0.1) is 5.92 Å². The number of nitrogens with zero attached hydrogens (tertiary/aromatic N) is 4. The molecule has 0 unspecified atom stereocenters. The highest BCUT2D eigenvalue weighted by atomic mass is 35.5. The standard InChI is InChI=1S/C22H24ClF3N4O3S/c23-19-5-4-17(15-18(19)22(24,25)26)34(32,33)30-9-6-16(7-10-30)21(31)29-13-11-28(12-14-29)20-3-1-2-8-27-20/h1-5,8,15-16H,6-7,9-14H2. The van der Waals surface area contributed by atoms with Crippen molar-refractivity contribution in [3.63, 3.8) is 0 Å². The number of hydrogen-bond donors (Lipinski definition) is 0. The molecule has 0 atom stereocenters. The summed E-state index contributed by atoms with van der Waals surface area (Å²) in [7, 11) is -4.14. The van der Waals surface area contributed by atoms with E-state index in [0.717, 1.165) is 22.3 Å². The molecule has 1 aromatic carbocycles. The van der Waals surface area contributed by atoms with Gasteiger partial charge in [0.25, 0.3) is 0 Å². The molecule has 12 heteroatoms. The highest BCUT2D eigenvalue weighted by Gasteiger charge is 2.38. The fourth-order valence-corrected chi connectivity index (χ4v) is 6.05. The summed E-state index contributed by atoms with van der Waals surface area (Å²) in [5, 5.41) is -0.557. The molecule has 1 aromatic heterocycles. The van der Waals surface area contributed by atoms with Gasteiger partial charge in [-0.05, 0) is 43.2 Å². The van der Waals surface area contributed by atoms with Crippen molar-refractivity contribution in [1.29, 1.82) is 0 Å². The lowest BCUT2D eigenvalue weighted by Crippen LogP contribution is -2.52. The van der Waals surface area contributed by atoms with E-state index in [0.29, 0.717) is 45.1 Å². The zero-order chi connectivity index (χ0) is 24.5. The van der Waals surface area contributed by atoms with E-state index in [1.54, 1.807) is 11.1 Å². The molecule has 34 heavy (non-hydrogen) atoms. The third kappa shape index (κ3) is 5.16. The SMILES string of the molecule is O=C(C1CCN(S(=O)(=O)c2ccc(Cl)c(C(F)(F)F)c2)CC1)N1CCN(c2ccccn2)CC1. The van der Waals surface area contributed by atoms with E-state index >= 15 is 0 Å². The number of benzene rings is 1. The van der Waals surface area contributed by atoms with E-state index < -0.39 is 31.7 Å². The van der Waals surface area contributed by atoms with Gasteiger partial charge in [0, 0.05) is 51.4 Å². The topological polar surface area (TPSA) is 73.8 Å². The number of rotatable bonds is 4. The maximum absolute atomic E-state index is 13.2. The molecule has 0 bridgehead atoms. The second kappa shape index (κ2) is 9.71. The van der Waals surface area contributed by atoms with Crippen molar-refractivity contribution >= 4 is 33.3 Å². The Kier molecular flexibility index (Phi) is 7.07. The Bertz CT molecular complexity index is 1130. The molecule has 0 spiro atoms. The largest absolute Gasteiger partial charge is 0.417 e. The van der Waals surface area contributed by atoms with E-state index in [2.05, 4.69) is 9.88 Å². The lowest BCUT2D eigenvalue weighted by molar-refractivity contribution is -0.138. The Hall–Kier alpha value is -2.37. The van der Waals surface area contributed by atoms with Crippen LogP contribution in [0.5, 0.6) is 0 Å². The molecule has 2 fully saturated rings. The quantitative estimate of drug-likeness (QED) is 0.622. The molecule has 4 rings (SSSR count). The molecule has 2 aliphatic rings. The van der Waals surface area contributed by atoms with E-state index in [-0.39, 0.29) is 24.9 Å². The Labute approximate surface area is 201 Å². The van der Waals surface area contributed by atoms with Gasteiger partial charge in [-0.25, -0.2) is 13.4 Å². The zero-order valence-electron chi connectivity index (χ0n) is 18.2. The molecular weight excluding hydrogens is 493 g/mol. The van der Waals surface area contributed by atoms with Crippen molar-refractivity contribution in [1.82, 2.24) is 14.2 Å². The second-order valence-electron chi connectivity index (χ2n) is 8.32. The molecular formula is C22H24ClF3N4O3S. The minimum absolute atomic E-state index is 0.0106. The lowest BCUT2D eigenvalue weighted by atomic mass is 9.96. The maximum atomic E-state index is 13.2. The summed E-state index contributed by atoms with van der Waals surface area (Å²) < 4.78 is 66.5. The first kappa shape index (κ1) is 24.7. The number of aromatic nitrogens is 1. The first-order valence-corrected chi connectivity index (χ1v) is 12.7. The van der Waals surface area contributed by atoms with E-state index in [9.17, 15) is 26.4 Å². The van der Waals surface area contributed by atoms with Gasteiger partial charge in [-0.3, -0.25) is 4.79 Å². The lowest BCUT2D eigenvalue weighted by Gasteiger charge is -2.38. The van der Waals surface area contributed by atoms with Crippen LogP contribution in [0.4, 0.5) is 19.0 Å². The fraction of sp³-hybridized carbons (Fsp3) is 0.455. The van der Waals surface area contributed by atoms with Crippen molar-refractivity contribution in [3.8, 4) is 0 Å². The van der Waals surface area contributed by atoms with Gasteiger partial charge < -0.3 is 9.80 Å². The number of carbonyl (C=O) groups excluding carboxylic acids is 1. The zero-order valence-corrected chi connectivity index (χ0v) is 19.8. The second-order valence-corrected chi connectivity index (χ2v) is 10.7. The third-order valence-corrected chi connectivity index (χ3v) is 8.47. The van der Waals surface area contributed by atoms with Crippen molar-refractivity contribution in [2.45, 2.75) is 23.9 Å². The number of pyridine rings is 1. The molecule has 0 N–H and O–H groups in total. The van der Waals surface area contributed by atoms with Gasteiger partial charge in [0.1, 0.15) is 5.82 Å². The normalized spacial score (nSPS) is 18.8. The molecule has 2 aromatic rings. The van der Waals surface area contributed by atoms with Crippen molar-refractivity contribution in [2.75, 3.05) is 44.2 Å². The summed E-state index contributed by atoms with van der Waals surface area (Å²) in [5.74, 6) is 0.538. The first-order chi connectivity index (χ1) is 16.1. The maximum Gasteiger partial charge on any atom is 0.417 e. The van der Waals surface area contributed by atoms with Gasteiger partial charge in [0.15, 0.2) is 0 Å². The molecule has 2 aliphatic heterocycles. The van der Waals surface area contributed by atoms with Gasteiger partial charge in [-0.2, -0.15) is 17.5 Å². The Morgan fingerprint density at radius 2 is 1.68 bits per heavy atom. The number of piperazine rings is 1. The van der Waals surface area contributed by atoms with E-state index in [1.807, 2.05) is 18.2 Å². The van der Waals surface area contributed by atoms with E-state index in [4.69, 9.17) is 11.6 Å². The average Bonchev–Trinajstić information content (AvgIpc) is 2.84. The van der Waals surface area contributed by atoms with Crippen LogP contribution in [0.25, 0.3) is 0 Å². The summed E-state index contributed by atoms with van der Waals surface area (Å²) in [6.07, 6.45) is -2.40. The summed E-state index contributed by atoms with van der Waals surface area (Å²) in [4.78, 5) is 20.8. The number of hydrogen-bond acceptors (Lipinski definition) is 5. The monoisotopic (exact) mass is 516 g/mol. The van der Waals surface area contributed by atoms with Crippen LogP contribution in [-0.4, -0.2) is 67.8 Å². The van der Waals surface area contributed by atoms with E-state index in [1.165, 1.54) is 0 Å². The fourth-order valence-electron chi connectivity index (χ4n) is 4.33. The Morgan fingerprint density at radius 3 is 2.26 bits per heavy atom. The predicted molar refractivity (Wildman–Crippen MR) is 121 cm³/mol. The Morgan fingerprint density at radius 1 is 1.00 bits per heavy atom. The molecule has 0 aliphatic carbocycles. The van der Waals surface area contributed by atoms with Crippen LogP contribution in [0.2, 0.25) is 5.02 Å². The summed E-state index contributed by atoms with van der Waals surface area (Å²) in [6, 6.07) is 8.26. The predicted octanol–water partition coefficient (Wildman–Crippen LogP) is 3.50. The summed E-state index contributed by atoms with van der Waals surface area (Å²) in [5.41, 5.74) is -1.19. The van der Waals surface area contributed by atoms with Gasteiger partial charge in [-0.15, -0.1) is 0 Å². The highest BCUT2D eigenvalue weighted by Crippen LogP contribution is 2.37. The number of alkyl halides is 3. The van der Waals surface area contributed by atoms with Crippen molar-refractivity contribution in [2.24, 2.45) is 5.92 Å². The van der Waals surface area contributed by atoms with Gasteiger partial charge in [0.05, 0.1) is 15.5 Å². The number of piperidine rings is 1. The van der Waals surface area contributed by atoms with Crippen LogP contribution in [0.1, 0.15) is 18.4 Å². The van der Waals surface area contributed by atoms with Gasteiger partial charge >= 0.3 is 6.18 Å². The van der Waals surface area contributed by atoms with Crippen LogP contribution in [0.15, 0.2) is 47.5 Å². The first-order valence-electron chi connectivity index (χ1n) is 10.9. The van der Waals surface area contributed by atoms with Crippen LogP contribution in [-0.2, 0) is 21.0 Å². The molecule has 7 nitrogen and oxygen atoms in total. The van der Waals surface area contributed by atoms with Crippen molar-refractivity contribution < 1.29 is 26.4 Å². The molecule has 184 valence electrons. The number of sulfonamides is 1. The van der Waals surface area contributed by atoms with Gasteiger partial charge in [0.2, 0.25) is 15.9 Å². The summed E-state index contributed by atoms with van der Waals surface area (Å²) in [6.45, 7) is 2.56. The Balaban J connectivity index is 1.35. The minimum atomic E-state index is -4.76. The summed E-state index contributed by atoms with van der Waals surface area (Å²) >= 11 is 5.61. The number of amides is 1. The smallest absolute Gasteiger partial charge is 0.353 e. The van der Waals surface area contributed by atoms with Gasteiger partial charge in [-0.1, -0.05) is 17.7 Å². The molecule has 1 amide bonds. The number of halogens is 4. The highest BCUT2D eigenvalue weighted by molar-refractivity contribution is 7.89. The van der Waals surface area contributed by atoms with Crippen LogP contribution >= 0.6 is 11.6 Å². The molecule has 3 heterocycles. The van der Waals surface area contributed by atoms with Crippen molar-refractivity contribution in [3.05, 3.63) is 53.2 Å². The molecule has 2 saturated heterocycles. The average molecular weight is 517 g/mol. The van der Waals surface area contributed by atoms with Crippen LogP contribution < -0.4 is 4.90 Å². The number of carbonyl (C=O) groups is 1. The van der Waals surface area contributed by atoms with Crippen LogP contribution in [0.3, 0.4) is 0 Å². The molecule has 0 radical (unpaired) electrons. The molecule has 0 saturated carbocycles. The minimum Gasteiger partial charge on any atom is -0.353 e. The number of anilines is 1.